The highest BCUT2D eigenvalue weighted by atomic mass is 16.5. The summed E-state index contributed by atoms with van der Waals surface area (Å²) in [7, 11) is 1.57. The van der Waals surface area contributed by atoms with Gasteiger partial charge in [0.25, 0.3) is 5.91 Å². The molecule has 2 aromatic heterocycles. The van der Waals surface area contributed by atoms with Crippen LogP contribution < -0.4 is 5.32 Å². The number of rotatable bonds is 5. The zero-order valence-electron chi connectivity index (χ0n) is 11.5. The topological polar surface area (TPSA) is 64.6 Å². The van der Waals surface area contributed by atoms with Crippen molar-refractivity contribution < 1.29 is 18.4 Å². The predicted octanol–water partition coefficient (Wildman–Crippen LogP) is 3.14. The first-order chi connectivity index (χ1) is 10.3. The highest BCUT2D eigenvalue weighted by molar-refractivity contribution is 5.96. The van der Waals surface area contributed by atoms with Crippen LogP contribution in [0.5, 0.6) is 0 Å². The van der Waals surface area contributed by atoms with Crippen LogP contribution in [0, 0.1) is 0 Å². The molecule has 3 aromatic rings. The van der Waals surface area contributed by atoms with Crippen molar-refractivity contribution in [3.63, 3.8) is 0 Å². The van der Waals surface area contributed by atoms with E-state index < -0.39 is 0 Å². The second-order valence-corrected chi connectivity index (χ2v) is 4.60. The number of ether oxygens (including phenoxy) is 1. The van der Waals surface area contributed by atoms with E-state index in [1.807, 2.05) is 30.3 Å². The summed E-state index contributed by atoms with van der Waals surface area (Å²) in [5.41, 5.74) is 0.692. The number of methoxy groups -OCH3 is 1. The van der Waals surface area contributed by atoms with Gasteiger partial charge in [-0.15, -0.1) is 0 Å². The lowest BCUT2D eigenvalue weighted by molar-refractivity contribution is 0.0726. The SMILES string of the molecule is COC(CNC(=O)c1cc2ccccc2o1)c1ccco1. The molecule has 0 saturated carbocycles. The van der Waals surface area contributed by atoms with Gasteiger partial charge < -0.3 is 18.9 Å². The molecule has 0 aliphatic rings. The largest absolute Gasteiger partial charge is 0.467 e. The molecule has 0 saturated heterocycles. The third kappa shape index (κ3) is 2.83. The van der Waals surface area contributed by atoms with Crippen molar-refractivity contribution in [3.05, 3.63) is 60.2 Å². The van der Waals surface area contributed by atoms with Crippen LogP contribution in [0.4, 0.5) is 0 Å². The number of benzene rings is 1. The number of para-hydroxylation sites is 1. The average Bonchev–Trinajstić information content (AvgIpc) is 3.16. The summed E-state index contributed by atoms with van der Waals surface area (Å²) in [5.74, 6) is 0.674. The molecular formula is C16H15NO4. The average molecular weight is 285 g/mol. The molecule has 1 atom stereocenters. The van der Waals surface area contributed by atoms with Crippen LogP contribution in [0.25, 0.3) is 11.0 Å². The Balaban J connectivity index is 1.68. The van der Waals surface area contributed by atoms with Crippen molar-refractivity contribution in [2.75, 3.05) is 13.7 Å². The summed E-state index contributed by atoms with van der Waals surface area (Å²) in [6.45, 7) is 0.305. The van der Waals surface area contributed by atoms with Gasteiger partial charge in [-0.05, 0) is 24.3 Å². The molecule has 1 aromatic carbocycles. The molecular weight excluding hydrogens is 270 g/mol. The quantitative estimate of drug-likeness (QED) is 0.782. The van der Waals surface area contributed by atoms with Gasteiger partial charge in [0.05, 0.1) is 12.8 Å². The Hall–Kier alpha value is -2.53. The van der Waals surface area contributed by atoms with Gasteiger partial charge in [-0.25, -0.2) is 0 Å². The predicted molar refractivity (Wildman–Crippen MR) is 77.0 cm³/mol. The van der Waals surface area contributed by atoms with Gasteiger partial charge in [0.1, 0.15) is 17.4 Å². The van der Waals surface area contributed by atoms with E-state index in [0.29, 0.717) is 17.9 Å². The van der Waals surface area contributed by atoms with Gasteiger partial charge in [0.2, 0.25) is 0 Å². The monoisotopic (exact) mass is 285 g/mol. The molecule has 0 aliphatic heterocycles. The molecule has 1 N–H and O–H groups in total. The number of hydrogen-bond donors (Lipinski definition) is 1. The van der Waals surface area contributed by atoms with Crippen LogP contribution in [0.3, 0.4) is 0 Å². The minimum Gasteiger partial charge on any atom is -0.467 e. The van der Waals surface area contributed by atoms with E-state index in [-0.39, 0.29) is 17.8 Å². The molecule has 3 rings (SSSR count). The van der Waals surface area contributed by atoms with Crippen molar-refractivity contribution in [2.24, 2.45) is 0 Å². The van der Waals surface area contributed by atoms with Crippen LogP contribution in [-0.2, 0) is 4.74 Å². The van der Waals surface area contributed by atoms with Crippen molar-refractivity contribution in [3.8, 4) is 0 Å². The smallest absolute Gasteiger partial charge is 0.287 e. The molecule has 5 nitrogen and oxygen atoms in total. The Morgan fingerprint density at radius 3 is 2.86 bits per heavy atom. The van der Waals surface area contributed by atoms with Gasteiger partial charge in [0, 0.05) is 12.5 Å². The van der Waals surface area contributed by atoms with Gasteiger partial charge in [-0.3, -0.25) is 4.79 Å². The fourth-order valence-corrected chi connectivity index (χ4v) is 2.14. The highest BCUT2D eigenvalue weighted by Crippen LogP contribution is 2.19. The van der Waals surface area contributed by atoms with Gasteiger partial charge in [0.15, 0.2) is 5.76 Å². The maximum Gasteiger partial charge on any atom is 0.287 e. The molecule has 2 heterocycles. The minimum atomic E-state index is -0.326. The number of hydrogen-bond acceptors (Lipinski definition) is 4. The summed E-state index contributed by atoms with van der Waals surface area (Å²) in [6, 6.07) is 12.8. The van der Waals surface area contributed by atoms with Crippen LogP contribution in [0.2, 0.25) is 0 Å². The maximum absolute atomic E-state index is 12.1. The van der Waals surface area contributed by atoms with Crippen molar-refractivity contribution >= 4 is 16.9 Å². The Morgan fingerprint density at radius 1 is 1.29 bits per heavy atom. The molecule has 108 valence electrons. The zero-order chi connectivity index (χ0) is 14.7. The van der Waals surface area contributed by atoms with E-state index in [2.05, 4.69) is 5.32 Å². The zero-order valence-corrected chi connectivity index (χ0v) is 11.5. The standard InChI is InChI=1S/C16H15NO4/c1-19-15(13-7-4-8-20-13)10-17-16(18)14-9-11-5-2-3-6-12(11)21-14/h2-9,15H,10H2,1H3,(H,17,18). The number of nitrogens with one attached hydrogen (secondary N) is 1. The summed E-state index contributed by atoms with van der Waals surface area (Å²) in [6.07, 6.45) is 1.25. The number of furan rings is 2. The van der Waals surface area contributed by atoms with E-state index in [1.165, 1.54) is 0 Å². The van der Waals surface area contributed by atoms with Crippen molar-refractivity contribution in [1.82, 2.24) is 5.32 Å². The van der Waals surface area contributed by atoms with Gasteiger partial charge in [-0.1, -0.05) is 18.2 Å². The van der Waals surface area contributed by atoms with Crippen molar-refractivity contribution in [2.45, 2.75) is 6.10 Å². The second-order valence-electron chi connectivity index (χ2n) is 4.60. The Morgan fingerprint density at radius 2 is 2.14 bits per heavy atom. The van der Waals surface area contributed by atoms with E-state index >= 15 is 0 Å². The Labute approximate surface area is 121 Å². The fraction of sp³-hybridized carbons (Fsp3) is 0.188. The van der Waals surface area contributed by atoms with Crippen LogP contribution >= 0.6 is 0 Å². The summed E-state index contributed by atoms with van der Waals surface area (Å²) in [5, 5.41) is 3.68. The van der Waals surface area contributed by atoms with E-state index in [1.54, 1.807) is 25.5 Å². The molecule has 0 spiro atoms. The van der Waals surface area contributed by atoms with Gasteiger partial charge >= 0.3 is 0 Å². The minimum absolute atomic E-state index is 0.278. The first-order valence-electron chi connectivity index (χ1n) is 6.61. The molecule has 0 fully saturated rings. The fourth-order valence-electron chi connectivity index (χ4n) is 2.14. The molecule has 0 bridgehead atoms. The lowest BCUT2D eigenvalue weighted by Gasteiger charge is -2.12. The van der Waals surface area contributed by atoms with E-state index in [9.17, 15) is 4.79 Å². The third-order valence-electron chi connectivity index (χ3n) is 3.24. The third-order valence-corrected chi connectivity index (χ3v) is 3.24. The van der Waals surface area contributed by atoms with Crippen molar-refractivity contribution in [1.29, 1.82) is 0 Å². The van der Waals surface area contributed by atoms with Crippen LogP contribution in [0.1, 0.15) is 22.4 Å². The molecule has 1 unspecified atom stereocenters. The highest BCUT2D eigenvalue weighted by Gasteiger charge is 2.17. The number of carbonyl (C=O) groups excluding carboxylic acids is 1. The van der Waals surface area contributed by atoms with Gasteiger partial charge in [-0.2, -0.15) is 0 Å². The lowest BCUT2D eigenvalue weighted by atomic mass is 10.2. The number of carbonyl (C=O) groups is 1. The molecule has 5 heteroatoms. The Kier molecular flexibility index (Phi) is 3.75. The van der Waals surface area contributed by atoms with Crippen LogP contribution in [0.15, 0.2) is 57.6 Å². The first-order valence-corrected chi connectivity index (χ1v) is 6.61. The van der Waals surface area contributed by atoms with E-state index in [0.717, 1.165) is 5.39 Å². The molecule has 0 aliphatic carbocycles. The molecule has 1 amide bonds. The summed E-state index contributed by atoms with van der Waals surface area (Å²) >= 11 is 0. The molecule has 21 heavy (non-hydrogen) atoms. The normalized spacial score (nSPS) is 12.4. The lowest BCUT2D eigenvalue weighted by Crippen LogP contribution is -2.28. The number of fused-ring (bicyclic) bond motifs is 1. The first kappa shape index (κ1) is 13.5. The van der Waals surface area contributed by atoms with Crippen LogP contribution in [-0.4, -0.2) is 19.6 Å². The van der Waals surface area contributed by atoms with E-state index in [4.69, 9.17) is 13.6 Å². The summed E-state index contributed by atoms with van der Waals surface area (Å²) < 4.78 is 16.1. The second kappa shape index (κ2) is 5.85. The maximum atomic E-state index is 12.1. The summed E-state index contributed by atoms with van der Waals surface area (Å²) in [4.78, 5) is 12.1. The number of amides is 1. The molecule has 0 radical (unpaired) electrons. The Bertz CT molecular complexity index is 697.